The van der Waals surface area contributed by atoms with Crippen molar-refractivity contribution < 1.29 is 8.78 Å². The van der Waals surface area contributed by atoms with Gasteiger partial charge in [-0.15, -0.1) is 5.10 Å². The molecule has 0 fully saturated rings. The number of tetrazole rings is 1. The summed E-state index contributed by atoms with van der Waals surface area (Å²) in [7, 11) is 0. The van der Waals surface area contributed by atoms with Gasteiger partial charge in [0.05, 0.1) is 6.04 Å². The van der Waals surface area contributed by atoms with Crippen LogP contribution in [0.25, 0.3) is 5.69 Å². The quantitative estimate of drug-likeness (QED) is 0.856. The molecule has 0 spiro atoms. The Morgan fingerprint density at radius 2 is 2.06 bits per heavy atom. The summed E-state index contributed by atoms with van der Waals surface area (Å²) in [6, 6.07) is 1.99. The van der Waals surface area contributed by atoms with Gasteiger partial charge in [0.1, 0.15) is 5.69 Å². The van der Waals surface area contributed by atoms with Crippen LogP contribution < -0.4 is 5.73 Å². The average Bonchev–Trinajstić information content (AvgIpc) is 2.73. The molecule has 0 amide bonds. The summed E-state index contributed by atoms with van der Waals surface area (Å²) < 4.78 is 28.5. The summed E-state index contributed by atoms with van der Waals surface area (Å²) in [5.41, 5.74) is 5.64. The Labute approximate surface area is 96.2 Å². The predicted octanol–water partition coefficient (Wildman–Crippen LogP) is 1.27. The zero-order valence-corrected chi connectivity index (χ0v) is 9.35. The molecule has 1 heterocycles. The number of nitrogens with two attached hydrogens (primary N) is 1. The van der Waals surface area contributed by atoms with Gasteiger partial charge in [-0.1, -0.05) is 6.07 Å². The molecule has 0 aliphatic rings. The lowest BCUT2D eigenvalue weighted by Gasteiger charge is -2.10. The maximum atomic E-state index is 13.9. The fraction of sp³-hybridized carbons (Fsp3) is 0.300. The molecule has 0 radical (unpaired) electrons. The Bertz CT molecular complexity index is 550. The normalized spacial score (nSPS) is 12.8. The predicted molar refractivity (Wildman–Crippen MR) is 56.4 cm³/mol. The molecular formula is C10H11F2N5. The van der Waals surface area contributed by atoms with Crippen LogP contribution in [0.15, 0.2) is 12.1 Å². The van der Waals surface area contributed by atoms with Crippen LogP contribution in [0.3, 0.4) is 0 Å². The summed E-state index contributed by atoms with van der Waals surface area (Å²) in [6.45, 7) is 3.17. The number of halogens is 2. The number of rotatable bonds is 2. The van der Waals surface area contributed by atoms with Crippen molar-refractivity contribution in [3.05, 3.63) is 35.2 Å². The molecule has 2 aromatic rings. The van der Waals surface area contributed by atoms with Crippen LogP contribution in [0.5, 0.6) is 0 Å². The van der Waals surface area contributed by atoms with Gasteiger partial charge < -0.3 is 5.73 Å². The van der Waals surface area contributed by atoms with Gasteiger partial charge in [-0.2, -0.15) is 4.68 Å². The molecule has 7 heteroatoms. The SMILES string of the molecule is Cc1ccc(F)c(-n2nnnc2C(C)N)c1F. The smallest absolute Gasteiger partial charge is 0.173 e. The summed E-state index contributed by atoms with van der Waals surface area (Å²) in [5, 5.41) is 10.6. The second-order valence-corrected chi connectivity index (χ2v) is 3.76. The van der Waals surface area contributed by atoms with E-state index >= 15 is 0 Å². The highest BCUT2D eigenvalue weighted by molar-refractivity contribution is 5.39. The van der Waals surface area contributed by atoms with E-state index in [2.05, 4.69) is 15.5 Å². The van der Waals surface area contributed by atoms with Gasteiger partial charge in [0, 0.05) is 0 Å². The number of benzene rings is 1. The van der Waals surface area contributed by atoms with Crippen molar-refractivity contribution in [2.24, 2.45) is 5.73 Å². The fourth-order valence-corrected chi connectivity index (χ4v) is 1.47. The van der Waals surface area contributed by atoms with Crippen molar-refractivity contribution in [2.45, 2.75) is 19.9 Å². The first-order valence-electron chi connectivity index (χ1n) is 5.01. The monoisotopic (exact) mass is 239 g/mol. The second kappa shape index (κ2) is 4.17. The van der Waals surface area contributed by atoms with E-state index in [1.165, 1.54) is 19.1 Å². The zero-order chi connectivity index (χ0) is 12.6. The van der Waals surface area contributed by atoms with Crippen molar-refractivity contribution in [2.75, 3.05) is 0 Å². The largest absolute Gasteiger partial charge is 0.321 e. The lowest BCUT2D eigenvalue weighted by Crippen LogP contribution is -2.15. The van der Waals surface area contributed by atoms with Gasteiger partial charge in [0.15, 0.2) is 17.5 Å². The van der Waals surface area contributed by atoms with E-state index in [-0.39, 0.29) is 11.5 Å². The maximum absolute atomic E-state index is 13.9. The molecule has 1 aromatic heterocycles. The first-order chi connectivity index (χ1) is 8.02. The van der Waals surface area contributed by atoms with Crippen LogP contribution in [0.4, 0.5) is 8.78 Å². The molecule has 0 aliphatic heterocycles. The Morgan fingerprint density at radius 1 is 1.35 bits per heavy atom. The Kier molecular flexibility index (Phi) is 2.84. The van der Waals surface area contributed by atoms with Gasteiger partial charge in [-0.25, -0.2) is 8.78 Å². The first kappa shape index (κ1) is 11.6. The van der Waals surface area contributed by atoms with E-state index in [9.17, 15) is 8.78 Å². The fourth-order valence-electron chi connectivity index (χ4n) is 1.47. The van der Waals surface area contributed by atoms with Crippen LogP contribution in [0.1, 0.15) is 24.4 Å². The minimum atomic E-state index is -0.734. The van der Waals surface area contributed by atoms with Crippen molar-refractivity contribution >= 4 is 0 Å². The van der Waals surface area contributed by atoms with E-state index in [0.29, 0.717) is 5.56 Å². The van der Waals surface area contributed by atoms with Gasteiger partial charge in [-0.3, -0.25) is 0 Å². The Hall–Kier alpha value is -1.89. The van der Waals surface area contributed by atoms with Gasteiger partial charge in [-0.05, 0) is 35.9 Å². The topological polar surface area (TPSA) is 69.6 Å². The van der Waals surface area contributed by atoms with Crippen LogP contribution in [-0.4, -0.2) is 20.2 Å². The third-order valence-corrected chi connectivity index (χ3v) is 2.37. The third-order valence-electron chi connectivity index (χ3n) is 2.37. The zero-order valence-electron chi connectivity index (χ0n) is 9.35. The molecule has 1 atom stereocenters. The minimum Gasteiger partial charge on any atom is -0.321 e. The van der Waals surface area contributed by atoms with Crippen LogP contribution in [-0.2, 0) is 0 Å². The highest BCUT2D eigenvalue weighted by atomic mass is 19.1. The Balaban J connectivity index is 2.68. The minimum absolute atomic E-state index is 0.202. The molecule has 2 rings (SSSR count). The van der Waals surface area contributed by atoms with Gasteiger partial charge in [0.25, 0.3) is 0 Å². The molecule has 1 unspecified atom stereocenters. The molecule has 0 saturated carbocycles. The molecular weight excluding hydrogens is 228 g/mol. The van der Waals surface area contributed by atoms with E-state index in [1.54, 1.807) is 6.92 Å². The molecule has 90 valence electrons. The van der Waals surface area contributed by atoms with E-state index in [1.807, 2.05) is 0 Å². The number of hydrogen-bond acceptors (Lipinski definition) is 4. The summed E-state index contributed by atoms with van der Waals surface area (Å²) >= 11 is 0. The molecule has 0 aliphatic carbocycles. The average molecular weight is 239 g/mol. The molecule has 0 saturated heterocycles. The molecule has 17 heavy (non-hydrogen) atoms. The summed E-state index contributed by atoms with van der Waals surface area (Å²) in [6.07, 6.45) is 0. The maximum Gasteiger partial charge on any atom is 0.173 e. The number of hydrogen-bond donors (Lipinski definition) is 1. The lowest BCUT2D eigenvalue weighted by molar-refractivity contribution is 0.541. The van der Waals surface area contributed by atoms with E-state index in [4.69, 9.17) is 5.73 Å². The van der Waals surface area contributed by atoms with E-state index < -0.39 is 17.7 Å². The van der Waals surface area contributed by atoms with Crippen molar-refractivity contribution in [1.29, 1.82) is 0 Å². The van der Waals surface area contributed by atoms with Crippen LogP contribution >= 0.6 is 0 Å². The summed E-state index contributed by atoms with van der Waals surface area (Å²) in [4.78, 5) is 0. The number of aromatic nitrogens is 4. The third kappa shape index (κ3) is 1.89. The molecule has 1 aromatic carbocycles. The van der Waals surface area contributed by atoms with Crippen molar-refractivity contribution in [3.8, 4) is 5.69 Å². The standard InChI is InChI=1S/C10H11F2N5/c1-5-3-4-7(11)9(8(5)12)17-10(6(2)13)14-15-16-17/h3-4,6H,13H2,1-2H3. The number of aryl methyl sites for hydroxylation is 1. The van der Waals surface area contributed by atoms with Gasteiger partial charge >= 0.3 is 0 Å². The van der Waals surface area contributed by atoms with E-state index in [0.717, 1.165) is 4.68 Å². The summed E-state index contributed by atoms with van der Waals surface area (Å²) in [5.74, 6) is -1.23. The van der Waals surface area contributed by atoms with Crippen molar-refractivity contribution in [1.82, 2.24) is 20.2 Å². The highest BCUT2D eigenvalue weighted by Crippen LogP contribution is 2.21. The van der Waals surface area contributed by atoms with Crippen LogP contribution in [0.2, 0.25) is 0 Å². The molecule has 0 bridgehead atoms. The highest BCUT2D eigenvalue weighted by Gasteiger charge is 2.20. The van der Waals surface area contributed by atoms with Crippen molar-refractivity contribution in [3.63, 3.8) is 0 Å². The molecule has 5 nitrogen and oxygen atoms in total. The molecule has 2 N–H and O–H groups in total. The van der Waals surface area contributed by atoms with Gasteiger partial charge in [0.2, 0.25) is 0 Å². The second-order valence-electron chi connectivity index (χ2n) is 3.76. The first-order valence-corrected chi connectivity index (χ1v) is 5.01. The lowest BCUT2D eigenvalue weighted by atomic mass is 10.2. The number of nitrogens with zero attached hydrogens (tertiary/aromatic N) is 4. The van der Waals surface area contributed by atoms with Crippen LogP contribution in [0, 0.1) is 18.6 Å². The Morgan fingerprint density at radius 3 is 2.71 bits per heavy atom.